The molecule has 3 N–H and O–H groups in total. The third kappa shape index (κ3) is 15.6. The van der Waals surface area contributed by atoms with E-state index in [2.05, 4.69) is 12.2 Å². The second kappa shape index (κ2) is 15.7. The van der Waals surface area contributed by atoms with Gasteiger partial charge in [0.05, 0.1) is 6.10 Å². The average Bonchev–Trinajstić information content (AvgIpc) is 2.40. The smallest absolute Gasteiger partial charge is 0.0562 e. The van der Waals surface area contributed by atoms with E-state index < -0.39 is 0 Å². The molecule has 0 aliphatic carbocycles. The number of hydrogen-bond acceptors (Lipinski definition) is 3. The number of allylic oxidation sites excluding steroid dienone is 2. The minimum Gasteiger partial charge on any atom is -0.396 e. The van der Waals surface area contributed by atoms with Crippen molar-refractivity contribution in [3.05, 3.63) is 12.2 Å². The molecule has 1 unspecified atom stereocenters. The Kier molecular flexibility index (Phi) is 15.4. The average molecular weight is 272 g/mol. The summed E-state index contributed by atoms with van der Waals surface area (Å²) >= 11 is 0. The van der Waals surface area contributed by atoms with Crippen LogP contribution in [0.4, 0.5) is 0 Å². The predicted octanol–water partition coefficient (Wildman–Crippen LogP) is 3.18. The lowest BCUT2D eigenvalue weighted by Crippen LogP contribution is -2.08. The summed E-state index contributed by atoms with van der Waals surface area (Å²) in [7, 11) is 0. The Morgan fingerprint density at radius 2 is 1.21 bits per heavy atom. The first-order valence-electron chi connectivity index (χ1n) is 7.86. The lowest BCUT2D eigenvalue weighted by molar-refractivity contribution is 0.122. The molecule has 0 fully saturated rings. The molecule has 3 nitrogen and oxygen atoms in total. The molecule has 114 valence electrons. The lowest BCUT2D eigenvalue weighted by Gasteiger charge is -2.07. The van der Waals surface area contributed by atoms with Gasteiger partial charge < -0.3 is 15.3 Å². The van der Waals surface area contributed by atoms with E-state index in [1.54, 1.807) is 0 Å². The summed E-state index contributed by atoms with van der Waals surface area (Å²) in [6, 6.07) is 0. The van der Waals surface area contributed by atoms with Crippen LogP contribution >= 0.6 is 0 Å². The van der Waals surface area contributed by atoms with Crippen molar-refractivity contribution in [2.45, 2.75) is 76.7 Å². The molecule has 0 bridgehead atoms. The van der Waals surface area contributed by atoms with Gasteiger partial charge in [0.2, 0.25) is 0 Å². The summed E-state index contributed by atoms with van der Waals surface area (Å²) in [6.45, 7) is 0.408. The van der Waals surface area contributed by atoms with Crippen LogP contribution in [0.2, 0.25) is 0 Å². The third-order valence-corrected chi connectivity index (χ3v) is 3.32. The van der Waals surface area contributed by atoms with Crippen LogP contribution in [-0.2, 0) is 0 Å². The van der Waals surface area contributed by atoms with Crippen molar-refractivity contribution >= 4 is 0 Å². The van der Waals surface area contributed by atoms with Gasteiger partial charge in [-0.15, -0.1) is 0 Å². The van der Waals surface area contributed by atoms with Crippen LogP contribution in [0.15, 0.2) is 12.2 Å². The third-order valence-electron chi connectivity index (χ3n) is 3.32. The second-order valence-electron chi connectivity index (χ2n) is 5.20. The fourth-order valence-electron chi connectivity index (χ4n) is 2.08. The van der Waals surface area contributed by atoms with E-state index in [1.165, 1.54) is 19.3 Å². The number of hydrogen-bond donors (Lipinski definition) is 3. The highest BCUT2D eigenvalue weighted by Gasteiger charge is 2.01. The highest BCUT2D eigenvalue weighted by atomic mass is 16.3. The van der Waals surface area contributed by atoms with E-state index in [4.69, 9.17) is 10.2 Å². The monoisotopic (exact) mass is 272 g/mol. The minimum absolute atomic E-state index is 0.0855. The molecule has 0 rings (SSSR count). The number of rotatable bonds is 14. The van der Waals surface area contributed by atoms with Crippen molar-refractivity contribution < 1.29 is 15.3 Å². The van der Waals surface area contributed by atoms with E-state index >= 15 is 0 Å². The van der Waals surface area contributed by atoms with Gasteiger partial charge >= 0.3 is 0 Å². The minimum atomic E-state index is -0.320. The second-order valence-corrected chi connectivity index (χ2v) is 5.20. The zero-order valence-electron chi connectivity index (χ0n) is 12.3. The fourth-order valence-corrected chi connectivity index (χ4v) is 2.08. The topological polar surface area (TPSA) is 60.7 Å². The van der Waals surface area contributed by atoms with Crippen molar-refractivity contribution in [3.63, 3.8) is 0 Å². The molecular weight excluding hydrogens is 240 g/mol. The molecule has 3 heteroatoms. The Bertz CT molecular complexity index is 192. The number of aliphatic hydroxyl groups is 3. The maximum absolute atomic E-state index is 9.42. The van der Waals surface area contributed by atoms with Crippen LogP contribution in [0.5, 0.6) is 0 Å². The summed E-state index contributed by atoms with van der Waals surface area (Å²) in [5, 5.41) is 26.7. The Hall–Kier alpha value is -0.380. The highest BCUT2D eigenvalue weighted by Crippen LogP contribution is 2.09. The first-order chi connectivity index (χ1) is 9.31. The Morgan fingerprint density at radius 1 is 0.632 bits per heavy atom. The largest absolute Gasteiger partial charge is 0.396 e. The fraction of sp³-hybridized carbons (Fsp3) is 0.875. The van der Waals surface area contributed by atoms with Crippen molar-refractivity contribution in [1.29, 1.82) is 0 Å². The predicted molar refractivity (Wildman–Crippen MR) is 80.1 cm³/mol. The quantitative estimate of drug-likeness (QED) is 0.336. The zero-order chi connectivity index (χ0) is 14.2. The van der Waals surface area contributed by atoms with Gasteiger partial charge in [0, 0.05) is 13.2 Å². The maximum atomic E-state index is 9.42. The Balaban J connectivity index is 3.12. The van der Waals surface area contributed by atoms with Gasteiger partial charge in [0.25, 0.3) is 0 Å². The summed E-state index contributed by atoms with van der Waals surface area (Å²) in [5.41, 5.74) is 0. The van der Waals surface area contributed by atoms with Gasteiger partial charge in [0.15, 0.2) is 0 Å². The highest BCUT2D eigenvalue weighted by molar-refractivity contribution is 4.81. The molecule has 0 aromatic heterocycles. The molecule has 0 radical (unpaired) electrons. The first kappa shape index (κ1) is 18.6. The van der Waals surface area contributed by atoms with Crippen LogP contribution in [0.25, 0.3) is 0 Å². The van der Waals surface area contributed by atoms with E-state index in [0.717, 1.165) is 44.9 Å². The van der Waals surface area contributed by atoms with Gasteiger partial charge in [-0.25, -0.2) is 0 Å². The molecule has 0 aliphatic heterocycles. The summed E-state index contributed by atoms with van der Waals surface area (Å²) < 4.78 is 0. The van der Waals surface area contributed by atoms with E-state index in [9.17, 15) is 5.11 Å². The summed E-state index contributed by atoms with van der Waals surface area (Å²) in [6.07, 6.45) is 15.7. The van der Waals surface area contributed by atoms with E-state index in [-0.39, 0.29) is 12.7 Å². The number of aliphatic hydroxyl groups excluding tert-OH is 3. The number of unbranched alkanes of at least 4 members (excludes halogenated alkanes) is 7. The molecule has 0 saturated carbocycles. The molecule has 19 heavy (non-hydrogen) atoms. The van der Waals surface area contributed by atoms with Crippen LogP contribution in [-0.4, -0.2) is 34.6 Å². The van der Waals surface area contributed by atoms with E-state index in [1.807, 2.05) is 0 Å². The normalized spacial score (nSPS) is 13.2. The summed E-state index contributed by atoms with van der Waals surface area (Å²) in [4.78, 5) is 0. The van der Waals surface area contributed by atoms with Gasteiger partial charge in [0.1, 0.15) is 0 Å². The summed E-state index contributed by atoms with van der Waals surface area (Å²) in [5.74, 6) is 0. The van der Waals surface area contributed by atoms with Crippen LogP contribution in [0.3, 0.4) is 0 Å². The standard InChI is InChI=1S/C16H32O3/c17-14-11-9-7-5-3-1-2-4-6-8-10-12-16(19)13-15-18/h1-2,16-19H,3-15H2/b2-1+. The van der Waals surface area contributed by atoms with Crippen molar-refractivity contribution in [2.24, 2.45) is 0 Å². The van der Waals surface area contributed by atoms with Gasteiger partial charge in [-0.2, -0.15) is 0 Å². The van der Waals surface area contributed by atoms with Crippen molar-refractivity contribution in [3.8, 4) is 0 Å². The zero-order valence-corrected chi connectivity index (χ0v) is 12.3. The van der Waals surface area contributed by atoms with Crippen LogP contribution in [0.1, 0.15) is 70.6 Å². The Morgan fingerprint density at radius 3 is 1.79 bits per heavy atom. The molecule has 0 spiro atoms. The van der Waals surface area contributed by atoms with Crippen LogP contribution < -0.4 is 0 Å². The van der Waals surface area contributed by atoms with Crippen LogP contribution in [0, 0.1) is 0 Å². The molecule has 0 aliphatic rings. The first-order valence-corrected chi connectivity index (χ1v) is 7.86. The van der Waals surface area contributed by atoms with Crippen molar-refractivity contribution in [2.75, 3.05) is 13.2 Å². The Labute approximate surface area is 118 Å². The van der Waals surface area contributed by atoms with Gasteiger partial charge in [-0.05, 0) is 44.9 Å². The SMILES string of the molecule is OCCCCCC/C=C/CCCCCC(O)CCO. The maximum Gasteiger partial charge on any atom is 0.0562 e. The molecule has 0 heterocycles. The van der Waals surface area contributed by atoms with Gasteiger partial charge in [-0.1, -0.05) is 37.8 Å². The van der Waals surface area contributed by atoms with Gasteiger partial charge in [-0.3, -0.25) is 0 Å². The lowest BCUT2D eigenvalue weighted by atomic mass is 10.1. The molecule has 0 aromatic carbocycles. The van der Waals surface area contributed by atoms with Crippen molar-refractivity contribution in [1.82, 2.24) is 0 Å². The molecule has 0 amide bonds. The molecule has 0 saturated heterocycles. The van der Waals surface area contributed by atoms with E-state index in [0.29, 0.717) is 13.0 Å². The molecular formula is C16H32O3. The molecule has 0 aromatic rings. The molecule has 1 atom stereocenters.